The number of benzene rings is 1. The lowest BCUT2D eigenvalue weighted by Gasteiger charge is -2.06. The zero-order chi connectivity index (χ0) is 11.9. The zero-order valence-corrected chi connectivity index (χ0v) is 9.18. The van der Waals surface area contributed by atoms with Crippen LogP contribution in [-0.2, 0) is 6.54 Å². The highest BCUT2D eigenvalue weighted by atomic mass is 16.2. The summed E-state index contributed by atoms with van der Waals surface area (Å²) in [5.74, 6) is 0. The third-order valence-electron chi connectivity index (χ3n) is 2.15. The molecule has 0 aliphatic carbocycles. The molecule has 2 amide bonds. The van der Waals surface area contributed by atoms with E-state index in [1.165, 1.54) is 0 Å². The van der Waals surface area contributed by atoms with E-state index in [-0.39, 0.29) is 6.03 Å². The highest BCUT2D eigenvalue weighted by Crippen LogP contribution is 2.04. The highest BCUT2D eigenvalue weighted by Gasteiger charge is 2.00. The molecule has 4 nitrogen and oxygen atoms in total. The first-order valence-corrected chi connectivity index (χ1v) is 5.24. The largest absolute Gasteiger partial charge is 0.334 e. The number of anilines is 1. The minimum atomic E-state index is -0.236. The molecule has 0 aliphatic rings. The van der Waals surface area contributed by atoms with E-state index in [1.54, 1.807) is 36.7 Å². The number of carbonyl (C=O) groups is 1. The standard InChI is InChI=1S/C13H12N3O/c17-13(16-12-6-2-1-3-7-12)15-10-11-5-4-8-14-9-11/h2-9H,10H2,(H2,15,16,17). The topological polar surface area (TPSA) is 54.0 Å². The third kappa shape index (κ3) is 3.61. The van der Waals surface area contributed by atoms with Gasteiger partial charge in [0.15, 0.2) is 0 Å². The van der Waals surface area contributed by atoms with Crippen molar-refractivity contribution in [2.75, 3.05) is 5.32 Å². The van der Waals surface area contributed by atoms with Crippen molar-refractivity contribution in [3.63, 3.8) is 0 Å². The van der Waals surface area contributed by atoms with Crippen LogP contribution in [0, 0.1) is 6.07 Å². The highest BCUT2D eigenvalue weighted by molar-refractivity contribution is 5.89. The van der Waals surface area contributed by atoms with Crippen molar-refractivity contribution in [3.05, 3.63) is 60.4 Å². The van der Waals surface area contributed by atoms with E-state index in [0.29, 0.717) is 6.54 Å². The Morgan fingerprint density at radius 1 is 1.29 bits per heavy atom. The molecule has 1 aromatic heterocycles. The van der Waals surface area contributed by atoms with Crippen molar-refractivity contribution in [2.45, 2.75) is 6.54 Å². The monoisotopic (exact) mass is 226 g/mol. The van der Waals surface area contributed by atoms with Crippen LogP contribution in [0.2, 0.25) is 0 Å². The Hall–Kier alpha value is -2.36. The predicted molar refractivity (Wildman–Crippen MR) is 65.4 cm³/mol. The molecule has 1 radical (unpaired) electrons. The van der Waals surface area contributed by atoms with Gasteiger partial charge in [-0.25, -0.2) is 4.79 Å². The Kier molecular flexibility index (Phi) is 3.70. The van der Waals surface area contributed by atoms with Crippen LogP contribution in [0.25, 0.3) is 0 Å². The molecule has 2 rings (SSSR count). The number of nitrogens with one attached hydrogen (secondary N) is 2. The van der Waals surface area contributed by atoms with E-state index in [4.69, 9.17) is 0 Å². The van der Waals surface area contributed by atoms with E-state index >= 15 is 0 Å². The lowest BCUT2D eigenvalue weighted by molar-refractivity contribution is 0.251. The summed E-state index contributed by atoms with van der Waals surface area (Å²) in [4.78, 5) is 15.5. The van der Waals surface area contributed by atoms with Gasteiger partial charge >= 0.3 is 6.03 Å². The van der Waals surface area contributed by atoms with Crippen molar-refractivity contribution in [1.29, 1.82) is 0 Å². The van der Waals surface area contributed by atoms with E-state index in [0.717, 1.165) is 11.3 Å². The molecular weight excluding hydrogens is 214 g/mol. The molecule has 0 saturated carbocycles. The fourth-order valence-corrected chi connectivity index (χ4v) is 1.33. The van der Waals surface area contributed by atoms with E-state index in [2.05, 4.69) is 21.7 Å². The van der Waals surface area contributed by atoms with Gasteiger partial charge in [0.1, 0.15) is 0 Å². The Morgan fingerprint density at radius 2 is 2.12 bits per heavy atom. The van der Waals surface area contributed by atoms with Gasteiger partial charge < -0.3 is 10.6 Å². The van der Waals surface area contributed by atoms with Crippen molar-refractivity contribution in [3.8, 4) is 0 Å². The fraction of sp³-hybridized carbons (Fsp3) is 0.0769. The third-order valence-corrected chi connectivity index (χ3v) is 2.15. The number of carbonyl (C=O) groups excluding carboxylic acids is 1. The quantitative estimate of drug-likeness (QED) is 0.843. The first-order chi connectivity index (χ1) is 8.34. The summed E-state index contributed by atoms with van der Waals surface area (Å²) in [6.07, 6.45) is 3.42. The molecule has 1 heterocycles. The van der Waals surface area contributed by atoms with Gasteiger partial charge in [0.2, 0.25) is 0 Å². The molecule has 4 heteroatoms. The van der Waals surface area contributed by atoms with Crippen molar-refractivity contribution >= 4 is 11.7 Å². The number of amides is 2. The van der Waals surface area contributed by atoms with Gasteiger partial charge in [-0.05, 0) is 29.8 Å². The minimum absolute atomic E-state index is 0.236. The molecule has 0 atom stereocenters. The molecule has 2 aromatic rings. The van der Waals surface area contributed by atoms with Crippen molar-refractivity contribution in [1.82, 2.24) is 10.3 Å². The summed E-state index contributed by atoms with van der Waals surface area (Å²) in [6, 6.07) is 13.4. The summed E-state index contributed by atoms with van der Waals surface area (Å²) in [7, 11) is 0. The van der Waals surface area contributed by atoms with E-state index in [9.17, 15) is 4.79 Å². The average Bonchev–Trinajstić information content (AvgIpc) is 2.39. The maximum Gasteiger partial charge on any atom is 0.319 e. The average molecular weight is 226 g/mol. The summed E-state index contributed by atoms with van der Waals surface area (Å²) in [6.45, 7) is 0.457. The zero-order valence-electron chi connectivity index (χ0n) is 9.18. The maximum atomic E-state index is 11.5. The molecule has 2 N–H and O–H groups in total. The molecule has 17 heavy (non-hydrogen) atoms. The van der Waals surface area contributed by atoms with Crippen molar-refractivity contribution < 1.29 is 4.79 Å². The second kappa shape index (κ2) is 5.65. The lowest BCUT2D eigenvalue weighted by Crippen LogP contribution is -2.28. The summed E-state index contributed by atoms with van der Waals surface area (Å²) >= 11 is 0. The molecule has 0 saturated heterocycles. The summed E-state index contributed by atoms with van der Waals surface area (Å²) < 4.78 is 0. The predicted octanol–water partition coefficient (Wildman–Crippen LogP) is 2.20. The minimum Gasteiger partial charge on any atom is -0.334 e. The first kappa shape index (κ1) is 11.1. The number of pyridine rings is 1. The molecular formula is C13H12N3O. The molecule has 1 aromatic carbocycles. The number of hydrogen-bond donors (Lipinski definition) is 2. The summed E-state index contributed by atoms with van der Waals surface area (Å²) in [5, 5.41) is 5.47. The number of nitrogens with zero attached hydrogens (tertiary/aromatic N) is 1. The Bertz CT molecular complexity index is 471. The van der Waals surface area contributed by atoms with Gasteiger partial charge in [-0.2, -0.15) is 0 Å². The molecule has 0 bridgehead atoms. The van der Waals surface area contributed by atoms with E-state index < -0.39 is 0 Å². The Labute approximate surface area is 99.7 Å². The van der Waals surface area contributed by atoms with Crippen molar-refractivity contribution in [2.24, 2.45) is 0 Å². The normalized spacial score (nSPS) is 9.65. The van der Waals surface area contributed by atoms with Gasteiger partial charge in [0.05, 0.1) is 0 Å². The van der Waals surface area contributed by atoms with Crippen LogP contribution in [0.1, 0.15) is 5.56 Å². The molecule has 0 fully saturated rings. The van der Waals surface area contributed by atoms with Gasteiger partial charge in [-0.3, -0.25) is 4.98 Å². The van der Waals surface area contributed by atoms with Gasteiger partial charge in [-0.15, -0.1) is 0 Å². The summed E-state index contributed by atoms with van der Waals surface area (Å²) in [5.41, 5.74) is 1.71. The van der Waals surface area contributed by atoms with Crippen LogP contribution in [0.5, 0.6) is 0 Å². The van der Waals surface area contributed by atoms with Crippen LogP contribution < -0.4 is 10.6 Å². The van der Waals surface area contributed by atoms with Gasteiger partial charge in [0, 0.05) is 24.6 Å². The number of aromatic nitrogens is 1. The molecule has 85 valence electrons. The van der Waals surface area contributed by atoms with Crippen LogP contribution in [0.3, 0.4) is 0 Å². The fourth-order valence-electron chi connectivity index (χ4n) is 1.33. The van der Waals surface area contributed by atoms with Crippen LogP contribution in [0.4, 0.5) is 10.5 Å². The molecule has 0 spiro atoms. The SMILES string of the molecule is O=C(NCc1cccnc1)Nc1cc[c]cc1. The maximum absolute atomic E-state index is 11.5. The van der Waals surface area contributed by atoms with Gasteiger partial charge in [-0.1, -0.05) is 18.2 Å². The lowest BCUT2D eigenvalue weighted by atomic mass is 10.3. The van der Waals surface area contributed by atoms with Crippen LogP contribution >= 0.6 is 0 Å². The van der Waals surface area contributed by atoms with Gasteiger partial charge in [0.25, 0.3) is 0 Å². The molecule has 0 unspecified atom stereocenters. The van der Waals surface area contributed by atoms with Crippen LogP contribution in [-0.4, -0.2) is 11.0 Å². The molecule has 0 aliphatic heterocycles. The second-order valence-corrected chi connectivity index (χ2v) is 3.46. The Balaban J connectivity index is 1.83. The number of rotatable bonds is 3. The van der Waals surface area contributed by atoms with Crippen LogP contribution in [0.15, 0.2) is 48.8 Å². The number of urea groups is 1. The Morgan fingerprint density at radius 3 is 2.82 bits per heavy atom. The van der Waals surface area contributed by atoms with E-state index in [1.807, 2.05) is 12.1 Å². The number of hydrogen-bond acceptors (Lipinski definition) is 2. The smallest absolute Gasteiger partial charge is 0.319 e. The second-order valence-electron chi connectivity index (χ2n) is 3.46. The first-order valence-electron chi connectivity index (χ1n) is 5.24.